The van der Waals surface area contributed by atoms with Gasteiger partial charge in [0.2, 0.25) is 11.8 Å². The fraction of sp³-hybridized carbons (Fsp3) is 0.357. The molecule has 0 aliphatic carbocycles. The lowest BCUT2D eigenvalue weighted by Gasteiger charge is -2.15. The second kappa shape index (κ2) is 7.28. The highest BCUT2D eigenvalue weighted by molar-refractivity contribution is 5.88. The van der Waals surface area contributed by atoms with E-state index in [9.17, 15) is 14.4 Å². The molecule has 1 aromatic rings. The first-order valence-electron chi connectivity index (χ1n) is 6.27. The summed E-state index contributed by atoms with van der Waals surface area (Å²) in [5.41, 5.74) is 1.49. The van der Waals surface area contributed by atoms with Crippen LogP contribution in [0.15, 0.2) is 24.3 Å². The van der Waals surface area contributed by atoms with Crippen LogP contribution in [0, 0.1) is 0 Å². The monoisotopic (exact) mass is 278 g/mol. The van der Waals surface area contributed by atoms with Gasteiger partial charge >= 0.3 is 5.97 Å². The summed E-state index contributed by atoms with van der Waals surface area (Å²) in [5, 5.41) is 13.9. The van der Waals surface area contributed by atoms with Crippen molar-refractivity contribution in [3.05, 3.63) is 29.8 Å². The smallest absolute Gasteiger partial charge is 0.303 e. The molecule has 108 valence electrons. The Balaban J connectivity index is 2.62. The summed E-state index contributed by atoms with van der Waals surface area (Å²) in [6.07, 6.45) is -0.241. The molecule has 0 radical (unpaired) electrons. The molecule has 0 saturated carbocycles. The second-order valence-corrected chi connectivity index (χ2v) is 4.49. The molecule has 3 N–H and O–H groups in total. The Bertz CT molecular complexity index is 514. The highest BCUT2D eigenvalue weighted by atomic mass is 16.4. The third kappa shape index (κ3) is 5.51. The Hall–Kier alpha value is -2.37. The molecule has 1 aromatic carbocycles. The number of carbonyl (C=O) groups excluding carboxylic acids is 2. The number of carbonyl (C=O) groups is 3. The van der Waals surface area contributed by atoms with Crippen molar-refractivity contribution >= 4 is 23.5 Å². The van der Waals surface area contributed by atoms with E-state index >= 15 is 0 Å². The van der Waals surface area contributed by atoms with Gasteiger partial charge in [-0.2, -0.15) is 0 Å². The van der Waals surface area contributed by atoms with Gasteiger partial charge in [0, 0.05) is 19.0 Å². The molecule has 1 rings (SSSR count). The van der Waals surface area contributed by atoms with Crippen LogP contribution in [-0.4, -0.2) is 22.9 Å². The van der Waals surface area contributed by atoms with E-state index in [-0.39, 0.29) is 30.7 Å². The average molecular weight is 278 g/mol. The number of aliphatic carboxylic acids is 1. The van der Waals surface area contributed by atoms with E-state index in [1.807, 2.05) is 6.07 Å². The molecule has 0 spiro atoms. The van der Waals surface area contributed by atoms with E-state index in [2.05, 4.69) is 10.6 Å². The van der Waals surface area contributed by atoms with Gasteiger partial charge in [-0.3, -0.25) is 14.4 Å². The zero-order chi connectivity index (χ0) is 15.1. The number of benzene rings is 1. The predicted octanol–water partition coefficient (Wildman–Crippen LogP) is 1.69. The van der Waals surface area contributed by atoms with E-state index in [0.29, 0.717) is 5.69 Å². The molecule has 20 heavy (non-hydrogen) atoms. The molecular weight excluding hydrogens is 260 g/mol. The number of hydrogen-bond acceptors (Lipinski definition) is 3. The number of carboxylic acid groups (broad SMARTS) is 1. The van der Waals surface area contributed by atoms with Gasteiger partial charge in [0.1, 0.15) is 0 Å². The van der Waals surface area contributed by atoms with Gasteiger partial charge in [-0.1, -0.05) is 12.1 Å². The van der Waals surface area contributed by atoms with Crippen LogP contribution in [0.2, 0.25) is 0 Å². The maximum absolute atomic E-state index is 11.5. The molecule has 0 bridgehead atoms. The van der Waals surface area contributed by atoms with Crippen molar-refractivity contribution in [2.75, 3.05) is 5.32 Å². The number of carboxylic acids is 1. The van der Waals surface area contributed by atoms with Gasteiger partial charge in [0.25, 0.3) is 0 Å². The lowest BCUT2D eigenvalue weighted by atomic mass is 10.1. The molecular formula is C14H18N2O4. The van der Waals surface area contributed by atoms with Crippen LogP contribution in [0.4, 0.5) is 5.69 Å². The van der Waals surface area contributed by atoms with Crippen LogP contribution in [0.5, 0.6) is 0 Å². The lowest BCUT2D eigenvalue weighted by molar-refractivity contribution is -0.138. The van der Waals surface area contributed by atoms with E-state index in [1.54, 1.807) is 25.1 Å². The number of amides is 2. The van der Waals surface area contributed by atoms with Gasteiger partial charge in [0.05, 0.1) is 12.5 Å². The first-order chi connectivity index (χ1) is 9.38. The highest BCUT2D eigenvalue weighted by Crippen LogP contribution is 2.17. The van der Waals surface area contributed by atoms with Crippen molar-refractivity contribution in [1.29, 1.82) is 0 Å². The van der Waals surface area contributed by atoms with Crippen LogP contribution in [-0.2, 0) is 14.4 Å². The highest BCUT2D eigenvalue weighted by Gasteiger charge is 2.11. The Morgan fingerprint density at radius 3 is 2.55 bits per heavy atom. The molecule has 6 nitrogen and oxygen atoms in total. The standard InChI is InChI=1S/C14H18N2O4/c1-9(15-13(18)6-7-14(19)20)11-4-3-5-12(8-11)16-10(2)17/h3-5,8-9H,6-7H2,1-2H3,(H,15,18)(H,16,17)(H,19,20). The van der Waals surface area contributed by atoms with Gasteiger partial charge in [0.15, 0.2) is 0 Å². The van der Waals surface area contributed by atoms with Crippen LogP contribution in [0.1, 0.15) is 38.3 Å². The molecule has 1 unspecified atom stereocenters. The maximum atomic E-state index is 11.5. The topological polar surface area (TPSA) is 95.5 Å². The minimum atomic E-state index is -1.000. The largest absolute Gasteiger partial charge is 0.481 e. The van der Waals surface area contributed by atoms with Gasteiger partial charge in [-0.05, 0) is 24.6 Å². The zero-order valence-corrected chi connectivity index (χ0v) is 11.5. The quantitative estimate of drug-likeness (QED) is 0.737. The van der Waals surface area contributed by atoms with Gasteiger partial charge < -0.3 is 15.7 Å². The van der Waals surface area contributed by atoms with Crippen LogP contribution in [0.25, 0.3) is 0 Å². The van der Waals surface area contributed by atoms with Crippen molar-refractivity contribution in [1.82, 2.24) is 5.32 Å². The van der Waals surface area contributed by atoms with E-state index in [0.717, 1.165) is 5.56 Å². The molecule has 1 atom stereocenters. The van der Waals surface area contributed by atoms with Crippen LogP contribution in [0.3, 0.4) is 0 Å². The van der Waals surface area contributed by atoms with Crippen molar-refractivity contribution in [2.24, 2.45) is 0 Å². The minimum Gasteiger partial charge on any atom is -0.481 e. The fourth-order valence-electron chi connectivity index (χ4n) is 1.71. The molecule has 0 aliphatic heterocycles. The average Bonchev–Trinajstić information content (AvgIpc) is 2.36. The summed E-state index contributed by atoms with van der Waals surface area (Å²) in [6, 6.07) is 6.87. The summed E-state index contributed by atoms with van der Waals surface area (Å²) in [4.78, 5) is 32.9. The Morgan fingerprint density at radius 1 is 1.25 bits per heavy atom. The molecule has 0 fully saturated rings. The zero-order valence-electron chi connectivity index (χ0n) is 11.5. The minimum absolute atomic E-state index is 0.0505. The first-order valence-corrected chi connectivity index (χ1v) is 6.27. The Labute approximate surface area is 117 Å². The Kier molecular flexibility index (Phi) is 5.71. The van der Waals surface area contributed by atoms with Crippen LogP contribution < -0.4 is 10.6 Å². The summed E-state index contributed by atoms with van der Waals surface area (Å²) in [6.45, 7) is 3.22. The molecule has 6 heteroatoms. The lowest BCUT2D eigenvalue weighted by Crippen LogP contribution is -2.27. The summed E-state index contributed by atoms with van der Waals surface area (Å²) < 4.78 is 0. The molecule has 0 aromatic heterocycles. The predicted molar refractivity (Wildman–Crippen MR) is 74.2 cm³/mol. The van der Waals surface area contributed by atoms with Crippen molar-refractivity contribution in [3.8, 4) is 0 Å². The Morgan fingerprint density at radius 2 is 1.95 bits per heavy atom. The second-order valence-electron chi connectivity index (χ2n) is 4.49. The SMILES string of the molecule is CC(=O)Nc1cccc(C(C)NC(=O)CCC(=O)O)c1. The third-order valence-corrected chi connectivity index (χ3v) is 2.65. The van der Waals surface area contributed by atoms with E-state index in [1.165, 1.54) is 6.92 Å². The summed E-state index contributed by atoms with van der Waals surface area (Å²) >= 11 is 0. The normalized spacial score (nSPS) is 11.5. The summed E-state index contributed by atoms with van der Waals surface area (Å²) in [5.74, 6) is -1.48. The van der Waals surface area contributed by atoms with Crippen molar-refractivity contribution in [3.63, 3.8) is 0 Å². The summed E-state index contributed by atoms with van der Waals surface area (Å²) in [7, 11) is 0. The number of rotatable bonds is 6. The number of hydrogen-bond donors (Lipinski definition) is 3. The molecule has 0 aliphatic rings. The van der Waals surface area contributed by atoms with Crippen molar-refractivity contribution < 1.29 is 19.5 Å². The molecule has 0 saturated heterocycles. The van der Waals surface area contributed by atoms with Crippen molar-refractivity contribution in [2.45, 2.75) is 32.7 Å². The maximum Gasteiger partial charge on any atom is 0.303 e. The molecule has 0 heterocycles. The first kappa shape index (κ1) is 15.7. The fourth-order valence-corrected chi connectivity index (χ4v) is 1.71. The molecule has 2 amide bonds. The van der Waals surface area contributed by atoms with E-state index in [4.69, 9.17) is 5.11 Å². The third-order valence-electron chi connectivity index (χ3n) is 2.65. The van der Waals surface area contributed by atoms with Gasteiger partial charge in [-0.25, -0.2) is 0 Å². The number of nitrogens with one attached hydrogen (secondary N) is 2. The van der Waals surface area contributed by atoms with Crippen LogP contribution >= 0.6 is 0 Å². The van der Waals surface area contributed by atoms with Gasteiger partial charge in [-0.15, -0.1) is 0 Å². The number of anilines is 1. The van der Waals surface area contributed by atoms with E-state index < -0.39 is 5.97 Å².